The van der Waals surface area contributed by atoms with Gasteiger partial charge in [0.1, 0.15) is 11.6 Å². The molecule has 1 amide bonds. The minimum Gasteiger partial charge on any atom is -0.494 e. The molecule has 0 unspecified atom stereocenters. The molecule has 6 nitrogen and oxygen atoms in total. The lowest BCUT2D eigenvalue weighted by molar-refractivity contribution is 0.102. The molecule has 2 heterocycles. The van der Waals surface area contributed by atoms with Gasteiger partial charge in [-0.25, -0.2) is 4.39 Å². The second kappa shape index (κ2) is 7.11. The highest BCUT2D eigenvalue weighted by atomic mass is 19.1. The summed E-state index contributed by atoms with van der Waals surface area (Å²) in [5.74, 6) is -0.184. The van der Waals surface area contributed by atoms with Gasteiger partial charge >= 0.3 is 6.01 Å². The maximum absolute atomic E-state index is 13.3. The van der Waals surface area contributed by atoms with Crippen LogP contribution in [0.1, 0.15) is 16.1 Å². The smallest absolute Gasteiger partial charge is 0.302 e. The third-order valence-corrected chi connectivity index (χ3v) is 4.26. The molecular weight excluding hydrogens is 361 g/mol. The molecule has 0 aliphatic heterocycles. The Balaban J connectivity index is 1.75. The van der Waals surface area contributed by atoms with E-state index in [0.717, 1.165) is 11.3 Å². The summed E-state index contributed by atoms with van der Waals surface area (Å²) in [6, 6.07) is 12.9. The molecule has 4 aromatic rings. The molecule has 2 aromatic carbocycles. The Kier molecular flexibility index (Phi) is 4.49. The summed E-state index contributed by atoms with van der Waals surface area (Å²) in [4.78, 5) is 20.9. The number of benzene rings is 2. The van der Waals surface area contributed by atoms with E-state index in [4.69, 9.17) is 9.15 Å². The fourth-order valence-corrected chi connectivity index (χ4v) is 2.91. The summed E-state index contributed by atoms with van der Waals surface area (Å²) < 4.78 is 24.4. The number of nitrogens with zero attached hydrogens (tertiary/aromatic N) is 2. The van der Waals surface area contributed by atoms with Crippen molar-refractivity contribution in [3.8, 4) is 16.9 Å². The number of ether oxygens (including phenoxy) is 1. The van der Waals surface area contributed by atoms with Crippen LogP contribution in [0.2, 0.25) is 0 Å². The standard InChI is InChI=1S/C21H16FN3O3/c1-12-11-14(9-10-23-12)20(26)25-21-24-18-17(27-2)8-7-16(19(18)28-21)13-3-5-15(22)6-4-13/h3-11H,1-2H3,(H,24,25,26). The molecule has 140 valence electrons. The number of hydrogen-bond donors (Lipinski definition) is 1. The number of aryl methyl sites for hydroxylation is 1. The number of halogens is 1. The number of carbonyl (C=O) groups is 1. The van der Waals surface area contributed by atoms with Gasteiger partial charge in [-0.15, -0.1) is 0 Å². The van der Waals surface area contributed by atoms with Crippen molar-refractivity contribution < 1.29 is 18.3 Å². The number of rotatable bonds is 4. The molecule has 4 rings (SSSR count). The lowest BCUT2D eigenvalue weighted by Crippen LogP contribution is -2.12. The summed E-state index contributed by atoms with van der Waals surface area (Å²) in [5.41, 5.74) is 3.54. The average Bonchev–Trinajstić information content (AvgIpc) is 3.11. The number of anilines is 1. The highest BCUT2D eigenvalue weighted by Crippen LogP contribution is 2.36. The third-order valence-electron chi connectivity index (χ3n) is 4.26. The number of nitrogens with one attached hydrogen (secondary N) is 1. The monoisotopic (exact) mass is 377 g/mol. The van der Waals surface area contributed by atoms with E-state index in [-0.39, 0.29) is 17.7 Å². The summed E-state index contributed by atoms with van der Waals surface area (Å²) in [5, 5.41) is 2.65. The van der Waals surface area contributed by atoms with Crippen LogP contribution in [0.5, 0.6) is 5.75 Å². The van der Waals surface area contributed by atoms with Crippen LogP contribution in [-0.2, 0) is 0 Å². The van der Waals surface area contributed by atoms with Gasteiger partial charge in [-0.05, 0) is 48.9 Å². The summed E-state index contributed by atoms with van der Waals surface area (Å²) in [7, 11) is 1.53. The molecule has 0 atom stereocenters. The Morgan fingerprint density at radius 2 is 1.93 bits per heavy atom. The summed E-state index contributed by atoms with van der Waals surface area (Å²) in [6.45, 7) is 1.80. The van der Waals surface area contributed by atoms with Crippen molar-refractivity contribution in [2.24, 2.45) is 0 Å². The number of aromatic nitrogens is 2. The summed E-state index contributed by atoms with van der Waals surface area (Å²) >= 11 is 0. The van der Waals surface area contributed by atoms with Crippen molar-refractivity contribution in [3.05, 3.63) is 71.8 Å². The number of fused-ring (bicyclic) bond motifs is 1. The van der Waals surface area contributed by atoms with Crippen LogP contribution in [-0.4, -0.2) is 23.0 Å². The molecular formula is C21H16FN3O3. The lowest BCUT2D eigenvalue weighted by atomic mass is 10.0. The van der Waals surface area contributed by atoms with Gasteiger partial charge in [-0.2, -0.15) is 4.98 Å². The van der Waals surface area contributed by atoms with Crippen molar-refractivity contribution >= 4 is 23.0 Å². The SMILES string of the molecule is COc1ccc(-c2ccc(F)cc2)c2oc(NC(=O)c3ccnc(C)c3)nc12. The lowest BCUT2D eigenvalue weighted by Gasteiger charge is -2.05. The van der Waals surface area contributed by atoms with Gasteiger partial charge in [0, 0.05) is 23.0 Å². The Morgan fingerprint density at radius 1 is 1.14 bits per heavy atom. The van der Waals surface area contributed by atoms with Crippen LogP contribution in [0.15, 0.2) is 59.1 Å². The molecule has 0 saturated heterocycles. The van der Waals surface area contributed by atoms with Gasteiger partial charge in [0.15, 0.2) is 11.1 Å². The van der Waals surface area contributed by atoms with Crippen LogP contribution < -0.4 is 10.1 Å². The molecule has 2 aromatic heterocycles. The molecule has 0 radical (unpaired) electrons. The Labute approximate surface area is 160 Å². The Morgan fingerprint density at radius 3 is 2.64 bits per heavy atom. The number of pyridine rings is 1. The van der Waals surface area contributed by atoms with E-state index in [1.54, 1.807) is 49.5 Å². The van der Waals surface area contributed by atoms with Crippen LogP contribution in [0.25, 0.3) is 22.2 Å². The number of hydrogen-bond acceptors (Lipinski definition) is 5. The molecule has 1 N–H and O–H groups in total. The highest BCUT2D eigenvalue weighted by Gasteiger charge is 2.18. The summed E-state index contributed by atoms with van der Waals surface area (Å²) in [6.07, 6.45) is 1.56. The molecule has 0 spiro atoms. The van der Waals surface area contributed by atoms with Crippen molar-refractivity contribution in [2.75, 3.05) is 12.4 Å². The number of oxazole rings is 1. The normalized spacial score (nSPS) is 10.8. The largest absolute Gasteiger partial charge is 0.494 e. The molecule has 0 fully saturated rings. The second-order valence-electron chi connectivity index (χ2n) is 6.16. The van der Waals surface area contributed by atoms with Crippen LogP contribution >= 0.6 is 0 Å². The molecule has 28 heavy (non-hydrogen) atoms. The van der Waals surface area contributed by atoms with Gasteiger partial charge in [0.05, 0.1) is 7.11 Å². The van der Waals surface area contributed by atoms with E-state index >= 15 is 0 Å². The fraction of sp³-hybridized carbons (Fsp3) is 0.0952. The Bertz CT molecular complexity index is 1170. The van der Waals surface area contributed by atoms with Crippen molar-refractivity contribution in [1.29, 1.82) is 0 Å². The van der Waals surface area contributed by atoms with E-state index in [0.29, 0.717) is 28.0 Å². The van der Waals surface area contributed by atoms with Gasteiger partial charge < -0.3 is 9.15 Å². The van der Waals surface area contributed by atoms with Gasteiger partial charge in [0.25, 0.3) is 5.91 Å². The van der Waals surface area contributed by atoms with E-state index in [9.17, 15) is 9.18 Å². The third kappa shape index (κ3) is 3.29. The van der Waals surface area contributed by atoms with E-state index in [1.165, 1.54) is 19.2 Å². The zero-order valence-electron chi connectivity index (χ0n) is 15.2. The zero-order valence-corrected chi connectivity index (χ0v) is 15.2. The van der Waals surface area contributed by atoms with E-state index in [1.807, 2.05) is 0 Å². The molecule has 0 aliphatic rings. The average molecular weight is 377 g/mol. The molecule has 0 bridgehead atoms. The number of amides is 1. The molecule has 0 saturated carbocycles. The number of carbonyl (C=O) groups excluding carboxylic acids is 1. The van der Waals surface area contributed by atoms with Crippen LogP contribution in [0, 0.1) is 12.7 Å². The van der Waals surface area contributed by atoms with E-state index in [2.05, 4.69) is 15.3 Å². The predicted octanol–water partition coefficient (Wildman–Crippen LogP) is 4.60. The maximum Gasteiger partial charge on any atom is 0.302 e. The zero-order chi connectivity index (χ0) is 19.7. The van der Waals surface area contributed by atoms with Crippen molar-refractivity contribution in [1.82, 2.24) is 9.97 Å². The highest BCUT2D eigenvalue weighted by molar-refractivity contribution is 6.04. The first kappa shape index (κ1) is 17.7. The number of methoxy groups -OCH3 is 1. The van der Waals surface area contributed by atoms with Crippen molar-refractivity contribution in [3.63, 3.8) is 0 Å². The topological polar surface area (TPSA) is 77.2 Å². The van der Waals surface area contributed by atoms with Gasteiger partial charge in [-0.3, -0.25) is 15.1 Å². The fourth-order valence-electron chi connectivity index (χ4n) is 2.91. The predicted molar refractivity (Wildman–Crippen MR) is 103 cm³/mol. The quantitative estimate of drug-likeness (QED) is 0.562. The molecule has 0 aliphatic carbocycles. The minimum atomic E-state index is -0.362. The van der Waals surface area contributed by atoms with Gasteiger partial charge in [0.2, 0.25) is 0 Å². The first-order valence-corrected chi connectivity index (χ1v) is 8.52. The second-order valence-corrected chi connectivity index (χ2v) is 6.16. The van der Waals surface area contributed by atoms with Crippen LogP contribution in [0.3, 0.4) is 0 Å². The minimum absolute atomic E-state index is 0.0438. The molecule has 7 heteroatoms. The van der Waals surface area contributed by atoms with Gasteiger partial charge in [-0.1, -0.05) is 12.1 Å². The van der Waals surface area contributed by atoms with Crippen LogP contribution in [0.4, 0.5) is 10.4 Å². The first-order valence-electron chi connectivity index (χ1n) is 8.52. The Hall–Kier alpha value is -3.74. The first-order chi connectivity index (χ1) is 13.5. The van der Waals surface area contributed by atoms with E-state index < -0.39 is 0 Å². The maximum atomic E-state index is 13.3. The van der Waals surface area contributed by atoms with Crippen molar-refractivity contribution in [2.45, 2.75) is 6.92 Å².